The Morgan fingerprint density at radius 3 is 2.50 bits per heavy atom. The zero-order valence-electron chi connectivity index (χ0n) is 17.6. The Hall–Kier alpha value is -3.45. The fraction of sp³-hybridized carbons (Fsp3) is 0.160. The van der Waals surface area contributed by atoms with Crippen LogP contribution < -0.4 is 14.9 Å². The lowest BCUT2D eigenvalue weighted by Crippen LogP contribution is -2.19. The van der Waals surface area contributed by atoms with Gasteiger partial charge in [0.25, 0.3) is 0 Å². The molecule has 1 N–H and O–H groups in total. The van der Waals surface area contributed by atoms with E-state index >= 15 is 0 Å². The summed E-state index contributed by atoms with van der Waals surface area (Å²) >= 11 is 3.40. The van der Waals surface area contributed by atoms with Crippen LogP contribution in [0.3, 0.4) is 0 Å². The molecule has 0 fully saturated rings. The van der Waals surface area contributed by atoms with E-state index in [1.54, 1.807) is 42.5 Å². The molecule has 1 amide bonds. The average molecular weight is 495 g/mol. The molecule has 0 saturated carbocycles. The predicted octanol–water partition coefficient (Wildman–Crippen LogP) is 5.15. The lowest BCUT2D eigenvalue weighted by molar-refractivity contribution is -0.120. The van der Waals surface area contributed by atoms with Crippen LogP contribution in [0.2, 0.25) is 0 Å². The largest absolute Gasteiger partial charge is 0.494 e. The van der Waals surface area contributed by atoms with E-state index in [9.17, 15) is 9.59 Å². The van der Waals surface area contributed by atoms with Gasteiger partial charge in [0, 0.05) is 10.0 Å². The van der Waals surface area contributed by atoms with Crippen LogP contribution in [-0.2, 0) is 11.2 Å². The van der Waals surface area contributed by atoms with Gasteiger partial charge in [-0.2, -0.15) is 5.10 Å². The van der Waals surface area contributed by atoms with Gasteiger partial charge < -0.3 is 9.47 Å². The van der Waals surface area contributed by atoms with E-state index in [1.807, 2.05) is 37.3 Å². The summed E-state index contributed by atoms with van der Waals surface area (Å²) < 4.78 is 11.9. The molecule has 3 aromatic carbocycles. The standard InChI is InChI=1S/C25H23BrN2O4/c1-2-14-31-22-11-8-19(9-12-22)25(30)32-23-13-10-21(26)16-20(23)17-27-28-24(29)15-18-6-4-3-5-7-18/h3-13,16-17H,2,14-15H2,1H3,(H,28,29)/b27-17-. The minimum atomic E-state index is -0.503. The van der Waals surface area contributed by atoms with Gasteiger partial charge >= 0.3 is 5.97 Å². The summed E-state index contributed by atoms with van der Waals surface area (Å²) in [6.07, 6.45) is 2.57. The van der Waals surface area contributed by atoms with E-state index in [1.165, 1.54) is 6.21 Å². The maximum atomic E-state index is 12.6. The van der Waals surface area contributed by atoms with Crippen molar-refractivity contribution in [1.82, 2.24) is 5.43 Å². The number of benzene rings is 3. The lowest BCUT2D eigenvalue weighted by Gasteiger charge is -2.09. The fourth-order valence-electron chi connectivity index (χ4n) is 2.77. The summed E-state index contributed by atoms with van der Waals surface area (Å²) in [4.78, 5) is 24.7. The third kappa shape index (κ3) is 7.06. The molecule has 0 saturated heterocycles. The summed E-state index contributed by atoms with van der Waals surface area (Å²) in [6.45, 7) is 2.65. The monoisotopic (exact) mass is 494 g/mol. The van der Waals surface area contributed by atoms with Gasteiger partial charge in [0.2, 0.25) is 5.91 Å². The molecule has 0 aliphatic rings. The van der Waals surface area contributed by atoms with E-state index < -0.39 is 5.97 Å². The Kier molecular flexibility index (Phi) is 8.57. The Morgan fingerprint density at radius 2 is 1.78 bits per heavy atom. The molecule has 0 heterocycles. The Balaban J connectivity index is 1.64. The number of nitrogens with zero attached hydrogens (tertiary/aromatic N) is 1. The SMILES string of the molecule is CCCOc1ccc(C(=O)Oc2ccc(Br)cc2/C=N\NC(=O)Cc2ccccc2)cc1. The van der Waals surface area contributed by atoms with Crippen molar-refractivity contribution in [2.24, 2.45) is 5.10 Å². The topological polar surface area (TPSA) is 77.0 Å². The molecule has 32 heavy (non-hydrogen) atoms. The number of hydrazone groups is 1. The first-order valence-electron chi connectivity index (χ1n) is 10.2. The second-order valence-corrected chi connectivity index (χ2v) is 7.82. The maximum Gasteiger partial charge on any atom is 0.343 e. The van der Waals surface area contributed by atoms with Crippen molar-refractivity contribution in [2.45, 2.75) is 19.8 Å². The minimum Gasteiger partial charge on any atom is -0.494 e. The van der Waals surface area contributed by atoms with Crippen molar-refractivity contribution in [1.29, 1.82) is 0 Å². The highest BCUT2D eigenvalue weighted by molar-refractivity contribution is 9.10. The molecule has 0 aromatic heterocycles. The Morgan fingerprint density at radius 1 is 1.03 bits per heavy atom. The number of hydrogen-bond donors (Lipinski definition) is 1. The lowest BCUT2D eigenvalue weighted by atomic mass is 10.1. The summed E-state index contributed by atoms with van der Waals surface area (Å²) in [7, 11) is 0. The minimum absolute atomic E-state index is 0.219. The van der Waals surface area contributed by atoms with Crippen LogP contribution >= 0.6 is 15.9 Å². The van der Waals surface area contributed by atoms with Gasteiger partial charge in [0.05, 0.1) is 24.8 Å². The smallest absolute Gasteiger partial charge is 0.343 e. The van der Waals surface area contributed by atoms with Crippen molar-refractivity contribution < 1.29 is 19.1 Å². The number of amides is 1. The van der Waals surface area contributed by atoms with Gasteiger partial charge in [-0.05, 0) is 54.4 Å². The summed E-state index contributed by atoms with van der Waals surface area (Å²) in [5.74, 6) is 0.278. The molecule has 3 aromatic rings. The van der Waals surface area contributed by atoms with Crippen molar-refractivity contribution >= 4 is 34.0 Å². The van der Waals surface area contributed by atoms with Crippen molar-refractivity contribution in [3.8, 4) is 11.5 Å². The zero-order chi connectivity index (χ0) is 22.8. The average Bonchev–Trinajstić information content (AvgIpc) is 2.80. The van der Waals surface area contributed by atoms with Crippen LogP contribution in [0.25, 0.3) is 0 Å². The Bertz CT molecular complexity index is 1080. The number of ether oxygens (including phenoxy) is 2. The predicted molar refractivity (Wildman–Crippen MR) is 127 cm³/mol. The second kappa shape index (κ2) is 11.8. The Labute approximate surface area is 195 Å². The first-order valence-corrected chi connectivity index (χ1v) is 10.9. The van der Waals surface area contributed by atoms with Crippen LogP contribution in [0, 0.1) is 0 Å². The number of nitrogens with one attached hydrogen (secondary N) is 1. The van der Waals surface area contributed by atoms with Gasteiger partial charge in [-0.15, -0.1) is 0 Å². The van der Waals surface area contributed by atoms with E-state index in [4.69, 9.17) is 9.47 Å². The molecular weight excluding hydrogens is 472 g/mol. The molecular formula is C25H23BrN2O4. The first kappa shape index (κ1) is 23.2. The molecule has 6 nitrogen and oxygen atoms in total. The number of halogens is 1. The molecule has 0 atom stereocenters. The van der Waals surface area contributed by atoms with Crippen LogP contribution in [0.4, 0.5) is 0 Å². The second-order valence-electron chi connectivity index (χ2n) is 6.90. The van der Waals surface area contributed by atoms with E-state index in [0.717, 1.165) is 16.5 Å². The molecule has 3 rings (SSSR count). The van der Waals surface area contributed by atoms with Gasteiger partial charge in [0.1, 0.15) is 11.5 Å². The fourth-order valence-corrected chi connectivity index (χ4v) is 3.15. The summed E-state index contributed by atoms with van der Waals surface area (Å²) in [5, 5.41) is 4.01. The summed E-state index contributed by atoms with van der Waals surface area (Å²) in [5.41, 5.74) is 4.32. The van der Waals surface area contributed by atoms with Crippen molar-refractivity contribution in [3.63, 3.8) is 0 Å². The number of rotatable bonds is 9. The highest BCUT2D eigenvalue weighted by Gasteiger charge is 2.12. The van der Waals surface area contributed by atoms with Crippen LogP contribution in [0.5, 0.6) is 11.5 Å². The normalized spacial score (nSPS) is 10.7. The molecule has 0 bridgehead atoms. The number of carbonyl (C=O) groups is 2. The first-order chi connectivity index (χ1) is 15.5. The number of esters is 1. The van der Waals surface area contributed by atoms with Gasteiger partial charge in [-0.25, -0.2) is 10.2 Å². The molecule has 0 aliphatic carbocycles. The molecule has 0 aliphatic heterocycles. The molecule has 0 spiro atoms. The number of hydrogen-bond acceptors (Lipinski definition) is 5. The van der Waals surface area contributed by atoms with Crippen molar-refractivity contribution in [3.05, 3.63) is 94.0 Å². The molecule has 0 radical (unpaired) electrons. The third-order valence-corrected chi connectivity index (χ3v) is 4.83. The van der Waals surface area contributed by atoms with Crippen LogP contribution in [0.1, 0.15) is 34.8 Å². The van der Waals surface area contributed by atoms with Crippen LogP contribution in [-0.4, -0.2) is 24.7 Å². The summed E-state index contributed by atoms with van der Waals surface area (Å²) in [6, 6.07) is 21.3. The highest BCUT2D eigenvalue weighted by Crippen LogP contribution is 2.23. The zero-order valence-corrected chi connectivity index (χ0v) is 19.2. The highest BCUT2D eigenvalue weighted by atomic mass is 79.9. The van der Waals surface area contributed by atoms with Gasteiger partial charge in [0.15, 0.2) is 0 Å². The van der Waals surface area contributed by atoms with Crippen LogP contribution in [0.15, 0.2) is 82.4 Å². The van der Waals surface area contributed by atoms with Crippen molar-refractivity contribution in [2.75, 3.05) is 6.61 Å². The quantitative estimate of drug-likeness (QED) is 0.193. The van der Waals surface area contributed by atoms with E-state index in [-0.39, 0.29) is 12.3 Å². The molecule has 7 heteroatoms. The van der Waals surface area contributed by atoms with E-state index in [2.05, 4.69) is 26.5 Å². The third-order valence-electron chi connectivity index (χ3n) is 4.34. The van der Waals surface area contributed by atoms with E-state index in [0.29, 0.717) is 29.2 Å². The molecule has 164 valence electrons. The molecule has 0 unspecified atom stereocenters. The maximum absolute atomic E-state index is 12.6. The van der Waals surface area contributed by atoms with Gasteiger partial charge in [-0.3, -0.25) is 4.79 Å². The van der Waals surface area contributed by atoms with Gasteiger partial charge in [-0.1, -0.05) is 53.2 Å². The number of carbonyl (C=O) groups excluding carboxylic acids is 2.